The lowest BCUT2D eigenvalue weighted by atomic mass is 9.89. The van der Waals surface area contributed by atoms with E-state index in [2.05, 4.69) is 27.6 Å². The zero-order valence-corrected chi connectivity index (χ0v) is 14.2. The van der Waals surface area contributed by atoms with Gasteiger partial charge in [-0.3, -0.25) is 0 Å². The number of rotatable bonds is 8. The molecular formula is C19H27N3O2. The molecule has 1 aliphatic rings. The van der Waals surface area contributed by atoms with Crippen molar-refractivity contribution in [3.8, 4) is 0 Å². The van der Waals surface area contributed by atoms with Crippen LogP contribution in [0.1, 0.15) is 74.2 Å². The minimum atomic E-state index is 0.190. The average molecular weight is 329 g/mol. The molecule has 24 heavy (non-hydrogen) atoms. The Morgan fingerprint density at radius 2 is 1.96 bits per heavy atom. The van der Waals surface area contributed by atoms with Crippen molar-refractivity contribution in [1.82, 2.24) is 15.5 Å². The summed E-state index contributed by atoms with van der Waals surface area (Å²) in [5.74, 6) is 1.97. The largest absolute Gasteiger partial charge is 0.396 e. The summed E-state index contributed by atoms with van der Waals surface area (Å²) in [5, 5.41) is 16.8. The van der Waals surface area contributed by atoms with Crippen molar-refractivity contribution in [2.45, 2.75) is 63.5 Å². The number of aromatic nitrogens is 2. The fourth-order valence-electron chi connectivity index (χ4n) is 3.44. The number of hydrogen-bond acceptors (Lipinski definition) is 5. The molecule has 1 aromatic carbocycles. The van der Waals surface area contributed by atoms with Crippen molar-refractivity contribution >= 4 is 0 Å². The minimum Gasteiger partial charge on any atom is -0.396 e. The predicted octanol–water partition coefficient (Wildman–Crippen LogP) is 3.72. The van der Waals surface area contributed by atoms with Crippen molar-refractivity contribution in [2.75, 3.05) is 6.61 Å². The first-order valence-electron chi connectivity index (χ1n) is 9.08. The van der Waals surface area contributed by atoms with Crippen LogP contribution in [0.2, 0.25) is 0 Å². The number of aliphatic hydroxyl groups is 1. The van der Waals surface area contributed by atoms with E-state index in [4.69, 9.17) is 9.63 Å². The van der Waals surface area contributed by atoms with Gasteiger partial charge in [-0.1, -0.05) is 54.8 Å². The predicted molar refractivity (Wildman–Crippen MR) is 92.5 cm³/mol. The summed E-state index contributed by atoms with van der Waals surface area (Å²) in [7, 11) is 0. The number of nitrogens with one attached hydrogen (secondary N) is 1. The van der Waals surface area contributed by atoms with Crippen LogP contribution in [-0.2, 0) is 6.54 Å². The summed E-state index contributed by atoms with van der Waals surface area (Å²) < 4.78 is 5.48. The van der Waals surface area contributed by atoms with E-state index in [9.17, 15) is 0 Å². The van der Waals surface area contributed by atoms with E-state index in [1.807, 2.05) is 18.2 Å². The van der Waals surface area contributed by atoms with Crippen LogP contribution >= 0.6 is 0 Å². The molecule has 0 aliphatic heterocycles. The first-order valence-corrected chi connectivity index (χ1v) is 9.08. The van der Waals surface area contributed by atoms with Crippen LogP contribution in [0.5, 0.6) is 0 Å². The van der Waals surface area contributed by atoms with Gasteiger partial charge in [0, 0.05) is 18.6 Å². The Morgan fingerprint density at radius 3 is 2.71 bits per heavy atom. The second-order valence-electron chi connectivity index (χ2n) is 6.59. The van der Waals surface area contributed by atoms with E-state index in [0.29, 0.717) is 12.5 Å². The summed E-state index contributed by atoms with van der Waals surface area (Å²) in [6, 6.07) is 10.5. The van der Waals surface area contributed by atoms with E-state index in [-0.39, 0.29) is 12.6 Å². The molecule has 5 nitrogen and oxygen atoms in total. The molecule has 5 heteroatoms. The van der Waals surface area contributed by atoms with Gasteiger partial charge in [-0.2, -0.15) is 4.98 Å². The molecule has 1 heterocycles. The molecule has 0 bridgehead atoms. The Bertz CT molecular complexity index is 594. The summed E-state index contributed by atoms with van der Waals surface area (Å²) >= 11 is 0. The Balaban J connectivity index is 1.59. The Morgan fingerprint density at radius 1 is 1.17 bits per heavy atom. The van der Waals surface area contributed by atoms with Gasteiger partial charge in [0.05, 0.1) is 6.54 Å². The minimum absolute atomic E-state index is 0.190. The van der Waals surface area contributed by atoms with Crippen LogP contribution in [0.3, 0.4) is 0 Å². The van der Waals surface area contributed by atoms with E-state index in [1.54, 1.807) is 0 Å². The molecule has 1 saturated carbocycles. The average Bonchev–Trinajstić information content (AvgIpc) is 3.12. The van der Waals surface area contributed by atoms with Gasteiger partial charge in [-0.15, -0.1) is 0 Å². The first-order chi connectivity index (χ1) is 11.9. The van der Waals surface area contributed by atoms with Gasteiger partial charge in [0.1, 0.15) is 0 Å². The van der Waals surface area contributed by atoms with Gasteiger partial charge in [0.2, 0.25) is 5.89 Å². The molecule has 2 aromatic rings. The zero-order valence-electron chi connectivity index (χ0n) is 14.2. The van der Waals surface area contributed by atoms with Crippen LogP contribution in [0.15, 0.2) is 34.9 Å². The van der Waals surface area contributed by atoms with Crippen molar-refractivity contribution in [2.24, 2.45) is 0 Å². The molecule has 0 saturated heterocycles. The molecular weight excluding hydrogens is 302 g/mol. The van der Waals surface area contributed by atoms with Crippen LogP contribution in [-0.4, -0.2) is 21.9 Å². The van der Waals surface area contributed by atoms with Gasteiger partial charge in [-0.05, 0) is 31.2 Å². The molecule has 2 N–H and O–H groups in total. The zero-order chi connectivity index (χ0) is 16.6. The maximum absolute atomic E-state index is 9.13. The summed E-state index contributed by atoms with van der Waals surface area (Å²) in [6.07, 6.45) is 7.83. The monoisotopic (exact) mass is 329 g/mol. The van der Waals surface area contributed by atoms with Crippen LogP contribution in [0.25, 0.3) is 0 Å². The topological polar surface area (TPSA) is 71.2 Å². The van der Waals surface area contributed by atoms with E-state index < -0.39 is 0 Å². The lowest BCUT2D eigenvalue weighted by Gasteiger charge is -2.18. The van der Waals surface area contributed by atoms with E-state index >= 15 is 0 Å². The van der Waals surface area contributed by atoms with Crippen LogP contribution in [0.4, 0.5) is 0 Å². The fraction of sp³-hybridized carbons (Fsp3) is 0.579. The summed E-state index contributed by atoms with van der Waals surface area (Å²) in [6.45, 7) is 0.792. The first kappa shape index (κ1) is 17.1. The van der Waals surface area contributed by atoms with Gasteiger partial charge in [0.25, 0.3) is 0 Å². The second kappa shape index (κ2) is 8.94. The molecule has 130 valence electrons. The number of hydrogen-bond donors (Lipinski definition) is 2. The SMILES string of the molecule is OCCCC(NCc1noc(C2CCCCC2)n1)c1ccccc1. The molecule has 1 unspecified atom stereocenters. The Labute approximate surface area is 143 Å². The highest BCUT2D eigenvalue weighted by atomic mass is 16.5. The van der Waals surface area contributed by atoms with Crippen LogP contribution in [0, 0.1) is 0 Å². The lowest BCUT2D eigenvalue weighted by molar-refractivity contribution is 0.274. The summed E-state index contributed by atoms with van der Waals surface area (Å²) in [5.41, 5.74) is 1.22. The molecule has 0 spiro atoms. The smallest absolute Gasteiger partial charge is 0.229 e. The van der Waals surface area contributed by atoms with E-state index in [0.717, 1.165) is 37.4 Å². The quantitative estimate of drug-likeness (QED) is 0.772. The number of nitrogens with zero attached hydrogens (tertiary/aromatic N) is 2. The normalized spacial score (nSPS) is 17.0. The summed E-state index contributed by atoms with van der Waals surface area (Å²) in [4.78, 5) is 4.59. The Kier molecular flexibility index (Phi) is 6.38. The molecule has 1 fully saturated rings. The van der Waals surface area contributed by atoms with Gasteiger partial charge in [0.15, 0.2) is 5.82 Å². The standard InChI is InChI=1S/C19H27N3O2/c23-13-7-12-17(15-8-3-1-4-9-15)20-14-18-21-19(24-22-18)16-10-5-2-6-11-16/h1,3-4,8-9,16-17,20,23H,2,5-7,10-14H2. The third-order valence-electron chi connectivity index (χ3n) is 4.80. The number of benzene rings is 1. The van der Waals surface area contributed by atoms with Crippen molar-refractivity contribution in [3.05, 3.63) is 47.6 Å². The molecule has 0 amide bonds. The Hall–Kier alpha value is -1.72. The highest BCUT2D eigenvalue weighted by molar-refractivity contribution is 5.18. The lowest BCUT2D eigenvalue weighted by Crippen LogP contribution is -2.22. The molecule has 1 atom stereocenters. The molecule has 3 rings (SSSR count). The molecule has 1 aromatic heterocycles. The third-order valence-corrected chi connectivity index (χ3v) is 4.80. The maximum Gasteiger partial charge on any atom is 0.229 e. The number of aliphatic hydroxyl groups excluding tert-OH is 1. The fourth-order valence-corrected chi connectivity index (χ4v) is 3.44. The van der Waals surface area contributed by atoms with Gasteiger partial charge < -0.3 is 14.9 Å². The van der Waals surface area contributed by atoms with E-state index in [1.165, 1.54) is 24.8 Å². The van der Waals surface area contributed by atoms with Crippen molar-refractivity contribution < 1.29 is 9.63 Å². The van der Waals surface area contributed by atoms with Crippen molar-refractivity contribution in [1.29, 1.82) is 0 Å². The van der Waals surface area contributed by atoms with Crippen molar-refractivity contribution in [3.63, 3.8) is 0 Å². The maximum atomic E-state index is 9.13. The second-order valence-corrected chi connectivity index (χ2v) is 6.59. The third kappa shape index (κ3) is 4.65. The highest BCUT2D eigenvalue weighted by Gasteiger charge is 2.21. The van der Waals surface area contributed by atoms with Gasteiger partial charge >= 0.3 is 0 Å². The highest BCUT2D eigenvalue weighted by Crippen LogP contribution is 2.31. The molecule has 1 aliphatic carbocycles. The molecule has 0 radical (unpaired) electrons. The van der Waals surface area contributed by atoms with Gasteiger partial charge in [-0.25, -0.2) is 0 Å². The van der Waals surface area contributed by atoms with Crippen LogP contribution < -0.4 is 5.32 Å².